The third-order valence-electron chi connectivity index (χ3n) is 2.83. The normalized spacial score (nSPS) is 10.3. The first-order valence-corrected chi connectivity index (χ1v) is 6.57. The van der Waals surface area contributed by atoms with Crippen molar-refractivity contribution >= 4 is 23.2 Å². The third-order valence-corrected chi connectivity index (χ3v) is 3.13. The van der Waals surface area contributed by atoms with Gasteiger partial charge in [0.1, 0.15) is 5.75 Å². The van der Waals surface area contributed by atoms with Gasteiger partial charge in [-0.1, -0.05) is 11.6 Å². The maximum absolute atomic E-state index is 11.8. The molecule has 0 radical (unpaired) electrons. The second-order valence-corrected chi connectivity index (χ2v) is 4.83. The number of amides is 1. The van der Waals surface area contributed by atoms with Crippen LogP contribution in [-0.4, -0.2) is 22.8 Å². The molecule has 0 saturated heterocycles. The van der Waals surface area contributed by atoms with E-state index >= 15 is 0 Å². The van der Waals surface area contributed by atoms with Crippen LogP contribution in [-0.2, 0) is 18.3 Å². The topological polar surface area (TPSA) is 56.1 Å². The van der Waals surface area contributed by atoms with E-state index in [0.29, 0.717) is 29.3 Å². The van der Waals surface area contributed by atoms with Gasteiger partial charge in [-0.25, -0.2) is 0 Å². The summed E-state index contributed by atoms with van der Waals surface area (Å²) in [7, 11) is 3.40. The van der Waals surface area contributed by atoms with Crippen LogP contribution in [0.4, 0.5) is 5.69 Å². The Morgan fingerprint density at radius 2 is 2.30 bits per heavy atom. The molecule has 5 nitrogen and oxygen atoms in total. The minimum atomic E-state index is -0.0601. The molecule has 0 aliphatic rings. The fourth-order valence-electron chi connectivity index (χ4n) is 1.83. The minimum absolute atomic E-state index is 0.0601. The van der Waals surface area contributed by atoms with Crippen LogP contribution in [0.25, 0.3) is 0 Å². The van der Waals surface area contributed by atoms with Gasteiger partial charge >= 0.3 is 0 Å². The molecule has 2 aromatic rings. The summed E-state index contributed by atoms with van der Waals surface area (Å²) >= 11 is 6.00. The molecule has 1 amide bonds. The molecule has 106 valence electrons. The summed E-state index contributed by atoms with van der Waals surface area (Å²) in [6.07, 6.45) is 4.72. The number of halogens is 1. The number of aryl methyl sites for hydroxylation is 2. The number of aromatic nitrogens is 2. The number of benzene rings is 1. The number of carbonyl (C=O) groups is 1. The average molecular weight is 294 g/mol. The Hall–Kier alpha value is -2.01. The smallest absolute Gasteiger partial charge is 0.224 e. The summed E-state index contributed by atoms with van der Waals surface area (Å²) in [5.74, 6) is 0.523. The predicted molar refractivity (Wildman–Crippen MR) is 78.2 cm³/mol. The van der Waals surface area contributed by atoms with Crippen LogP contribution in [0.5, 0.6) is 5.75 Å². The summed E-state index contributed by atoms with van der Waals surface area (Å²) in [4.78, 5) is 11.8. The van der Waals surface area contributed by atoms with Gasteiger partial charge in [-0.3, -0.25) is 9.48 Å². The number of hydrogen-bond acceptors (Lipinski definition) is 3. The number of nitrogens with zero attached hydrogens (tertiary/aromatic N) is 2. The quantitative estimate of drug-likeness (QED) is 0.922. The first-order valence-electron chi connectivity index (χ1n) is 6.19. The summed E-state index contributed by atoms with van der Waals surface area (Å²) in [6.45, 7) is 0. The molecule has 0 aliphatic carbocycles. The zero-order valence-electron chi connectivity index (χ0n) is 11.4. The van der Waals surface area contributed by atoms with Gasteiger partial charge < -0.3 is 10.1 Å². The van der Waals surface area contributed by atoms with Crippen molar-refractivity contribution in [2.75, 3.05) is 12.4 Å². The lowest BCUT2D eigenvalue weighted by molar-refractivity contribution is -0.116. The van der Waals surface area contributed by atoms with Gasteiger partial charge in [-0.2, -0.15) is 5.10 Å². The Morgan fingerprint density at radius 3 is 2.90 bits per heavy atom. The van der Waals surface area contributed by atoms with Crippen molar-refractivity contribution in [2.45, 2.75) is 12.8 Å². The molecule has 0 spiro atoms. The molecule has 6 heteroatoms. The van der Waals surface area contributed by atoms with Crippen LogP contribution < -0.4 is 10.1 Å². The van der Waals surface area contributed by atoms with E-state index in [-0.39, 0.29) is 5.91 Å². The van der Waals surface area contributed by atoms with Crippen molar-refractivity contribution in [3.63, 3.8) is 0 Å². The monoisotopic (exact) mass is 293 g/mol. The highest BCUT2D eigenvalue weighted by Gasteiger charge is 2.06. The highest BCUT2D eigenvalue weighted by atomic mass is 35.5. The van der Waals surface area contributed by atoms with Crippen molar-refractivity contribution in [2.24, 2.45) is 7.05 Å². The van der Waals surface area contributed by atoms with Gasteiger partial charge in [-0.05, 0) is 30.2 Å². The lowest BCUT2D eigenvalue weighted by Gasteiger charge is -2.07. The average Bonchev–Trinajstić information content (AvgIpc) is 2.82. The fraction of sp³-hybridized carbons (Fsp3) is 0.286. The highest BCUT2D eigenvalue weighted by Crippen LogP contribution is 2.27. The first-order chi connectivity index (χ1) is 9.58. The molecule has 0 atom stereocenters. The Kier molecular flexibility index (Phi) is 4.63. The molecule has 1 heterocycles. The fourth-order valence-corrected chi connectivity index (χ4v) is 2.08. The molecular weight excluding hydrogens is 278 g/mol. The lowest BCUT2D eigenvalue weighted by atomic mass is 10.2. The summed E-state index contributed by atoms with van der Waals surface area (Å²) in [6, 6.07) is 5.15. The maximum Gasteiger partial charge on any atom is 0.224 e. The number of hydrogen-bond donors (Lipinski definition) is 1. The van der Waals surface area contributed by atoms with Crippen molar-refractivity contribution in [1.82, 2.24) is 9.78 Å². The number of nitrogens with one attached hydrogen (secondary N) is 1. The zero-order chi connectivity index (χ0) is 14.5. The molecule has 0 aliphatic heterocycles. The molecule has 0 unspecified atom stereocenters. The second-order valence-electron chi connectivity index (χ2n) is 4.42. The van der Waals surface area contributed by atoms with Gasteiger partial charge in [0, 0.05) is 25.4 Å². The first kappa shape index (κ1) is 14.4. The SMILES string of the molecule is COc1ccc(NC(=O)CCc2cnn(C)c2)cc1Cl. The van der Waals surface area contributed by atoms with Gasteiger partial charge in [0.05, 0.1) is 18.3 Å². The number of rotatable bonds is 5. The Labute approximate surface area is 122 Å². The summed E-state index contributed by atoms with van der Waals surface area (Å²) in [5, 5.41) is 7.34. The van der Waals surface area contributed by atoms with Crippen LogP contribution >= 0.6 is 11.6 Å². The number of ether oxygens (including phenoxy) is 1. The van der Waals surface area contributed by atoms with E-state index in [1.165, 1.54) is 0 Å². The molecular formula is C14H16ClN3O2. The van der Waals surface area contributed by atoms with E-state index in [1.54, 1.807) is 36.2 Å². The summed E-state index contributed by atoms with van der Waals surface area (Å²) in [5.41, 5.74) is 1.70. The van der Waals surface area contributed by atoms with Crippen LogP contribution in [0, 0.1) is 0 Å². The van der Waals surface area contributed by atoms with Crippen LogP contribution in [0.1, 0.15) is 12.0 Å². The van der Waals surface area contributed by atoms with E-state index < -0.39 is 0 Å². The minimum Gasteiger partial charge on any atom is -0.495 e. The van der Waals surface area contributed by atoms with Gasteiger partial charge in [0.25, 0.3) is 0 Å². The molecule has 0 saturated carbocycles. The van der Waals surface area contributed by atoms with Gasteiger partial charge in [0.15, 0.2) is 0 Å². The van der Waals surface area contributed by atoms with Crippen LogP contribution in [0.3, 0.4) is 0 Å². The van der Waals surface area contributed by atoms with E-state index in [2.05, 4.69) is 10.4 Å². The van der Waals surface area contributed by atoms with E-state index in [4.69, 9.17) is 16.3 Å². The summed E-state index contributed by atoms with van der Waals surface area (Å²) < 4.78 is 6.78. The van der Waals surface area contributed by atoms with Gasteiger partial charge in [0.2, 0.25) is 5.91 Å². The van der Waals surface area contributed by atoms with Crippen LogP contribution in [0.15, 0.2) is 30.6 Å². The lowest BCUT2D eigenvalue weighted by Crippen LogP contribution is -2.12. The standard InChI is InChI=1S/C14H16ClN3O2/c1-18-9-10(8-16-18)3-6-14(19)17-11-4-5-13(20-2)12(15)7-11/h4-5,7-9H,3,6H2,1-2H3,(H,17,19). The number of methoxy groups -OCH3 is 1. The predicted octanol–water partition coefficient (Wildman–Crippen LogP) is 2.65. The van der Waals surface area contributed by atoms with Gasteiger partial charge in [-0.15, -0.1) is 0 Å². The largest absolute Gasteiger partial charge is 0.495 e. The van der Waals surface area contributed by atoms with Crippen molar-refractivity contribution in [1.29, 1.82) is 0 Å². The zero-order valence-corrected chi connectivity index (χ0v) is 12.1. The van der Waals surface area contributed by atoms with E-state index in [9.17, 15) is 4.79 Å². The molecule has 2 rings (SSSR count). The Bertz CT molecular complexity index is 610. The maximum atomic E-state index is 11.8. The van der Waals surface area contributed by atoms with E-state index in [0.717, 1.165) is 5.56 Å². The third kappa shape index (κ3) is 3.74. The molecule has 0 bridgehead atoms. The number of anilines is 1. The number of carbonyl (C=O) groups excluding carboxylic acids is 1. The molecule has 1 N–H and O–H groups in total. The molecule has 1 aromatic carbocycles. The molecule has 20 heavy (non-hydrogen) atoms. The van der Waals surface area contributed by atoms with Crippen molar-refractivity contribution in [3.8, 4) is 5.75 Å². The van der Waals surface area contributed by atoms with Crippen LogP contribution in [0.2, 0.25) is 5.02 Å². The van der Waals surface area contributed by atoms with Crippen molar-refractivity contribution < 1.29 is 9.53 Å². The van der Waals surface area contributed by atoms with Crippen molar-refractivity contribution in [3.05, 3.63) is 41.2 Å². The molecule has 0 fully saturated rings. The Morgan fingerprint density at radius 1 is 1.50 bits per heavy atom. The molecule has 1 aromatic heterocycles. The Balaban J connectivity index is 1.89. The second kappa shape index (κ2) is 6.43. The van der Waals surface area contributed by atoms with E-state index in [1.807, 2.05) is 13.2 Å². The highest BCUT2D eigenvalue weighted by molar-refractivity contribution is 6.32.